The summed E-state index contributed by atoms with van der Waals surface area (Å²) in [5.41, 5.74) is 1.22. The minimum Gasteiger partial charge on any atom is -0.508 e. The molecule has 0 saturated heterocycles. The Kier molecular flexibility index (Phi) is 3.91. The Labute approximate surface area is 137 Å². The van der Waals surface area contributed by atoms with Crippen molar-refractivity contribution in [3.05, 3.63) is 51.7 Å². The molecule has 0 unspecified atom stereocenters. The number of benzene rings is 2. The molecule has 3 rings (SSSR count). The number of aliphatic hydroxyl groups is 1. The molecular weight excluding hydrogens is 312 g/mol. The number of rotatable bonds is 3. The molecule has 0 bridgehead atoms. The maximum absolute atomic E-state index is 12.7. The van der Waals surface area contributed by atoms with Crippen LogP contribution in [-0.4, -0.2) is 22.4 Å². The first-order chi connectivity index (χ1) is 11.5. The Bertz CT molecular complexity index is 987. The second-order valence-electron chi connectivity index (χ2n) is 5.44. The molecule has 6 nitrogen and oxygen atoms in total. The molecule has 0 saturated carbocycles. The highest BCUT2D eigenvalue weighted by Crippen LogP contribution is 2.35. The molecule has 0 atom stereocenters. The number of phenols is 2. The highest BCUT2D eigenvalue weighted by atomic mass is 16.5. The van der Waals surface area contributed by atoms with Crippen LogP contribution in [0, 0.1) is 6.92 Å². The van der Waals surface area contributed by atoms with Gasteiger partial charge in [0.25, 0.3) is 0 Å². The molecule has 0 aliphatic carbocycles. The molecule has 1 aromatic heterocycles. The normalized spacial score (nSPS) is 11.0. The Balaban J connectivity index is 2.39. The largest absolute Gasteiger partial charge is 0.508 e. The lowest BCUT2D eigenvalue weighted by Crippen LogP contribution is -2.08. The van der Waals surface area contributed by atoms with Crippen LogP contribution in [0.4, 0.5) is 0 Å². The summed E-state index contributed by atoms with van der Waals surface area (Å²) in [7, 11) is 1.34. The predicted octanol–water partition coefficient (Wildman–Crippen LogP) is 2.68. The van der Waals surface area contributed by atoms with Crippen LogP contribution in [-0.2, 0) is 6.61 Å². The second kappa shape index (κ2) is 5.90. The van der Waals surface area contributed by atoms with Crippen LogP contribution in [0.2, 0.25) is 0 Å². The van der Waals surface area contributed by atoms with Crippen molar-refractivity contribution in [2.24, 2.45) is 0 Å². The molecule has 2 aromatic carbocycles. The zero-order valence-corrected chi connectivity index (χ0v) is 13.2. The Morgan fingerprint density at radius 1 is 1.12 bits per heavy atom. The van der Waals surface area contributed by atoms with E-state index >= 15 is 0 Å². The molecule has 24 heavy (non-hydrogen) atoms. The molecule has 0 aliphatic rings. The Morgan fingerprint density at radius 2 is 1.88 bits per heavy atom. The molecule has 1 heterocycles. The lowest BCUT2D eigenvalue weighted by atomic mass is 10.1. The van der Waals surface area contributed by atoms with E-state index in [2.05, 4.69) is 0 Å². The van der Waals surface area contributed by atoms with Crippen molar-refractivity contribution < 1.29 is 24.5 Å². The molecular formula is C18H16O6. The number of fused-ring (bicyclic) bond motifs is 1. The summed E-state index contributed by atoms with van der Waals surface area (Å²) < 4.78 is 11.0. The first-order valence-corrected chi connectivity index (χ1v) is 7.23. The highest BCUT2D eigenvalue weighted by molar-refractivity contribution is 5.87. The fourth-order valence-electron chi connectivity index (χ4n) is 2.60. The molecule has 0 radical (unpaired) electrons. The average Bonchev–Trinajstić information content (AvgIpc) is 2.56. The summed E-state index contributed by atoms with van der Waals surface area (Å²) in [6, 6.07) is 7.56. The van der Waals surface area contributed by atoms with Gasteiger partial charge in [0.2, 0.25) is 11.2 Å². The van der Waals surface area contributed by atoms with E-state index in [1.165, 1.54) is 25.3 Å². The minimum atomic E-state index is -0.513. The van der Waals surface area contributed by atoms with Gasteiger partial charge >= 0.3 is 0 Å². The van der Waals surface area contributed by atoms with E-state index in [9.17, 15) is 20.1 Å². The summed E-state index contributed by atoms with van der Waals surface area (Å²) in [6.45, 7) is 1.42. The van der Waals surface area contributed by atoms with Gasteiger partial charge in [-0.2, -0.15) is 0 Å². The van der Waals surface area contributed by atoms with Gasteiger partial charge in [-0.25, -0.2) is 0 Å². The van der Waals surface area contributed by atoms with Gasteiger partial charge in [0.1, 0.15) is 22.5 Å². The summed E-state index contributed by atoms with van der Waals surface area (Å²) in [5.74, 6) is -0.00895. The zero-order valence-electron chi connectivity index (χ0n) is 13.2. The Hall–Kier alpha value is -2.99. The number of hydrogen-bond donors (Lipinski definition) is 3. The third kappa shape index (κ3) is 2.47. The summed E-state index contributed by atoms with van der Waals surface area (Å²) in [4.78, 5) is 12.7. The van der Waals surface area contributed by atoms with E-state index in [1.54, 1.807) is 19.1 Å². The molecule has 0 aliphatic heterocycles. The predicted molar refractivity (Wildman–Crippen MR) is 88.5 cm³/mol. The lowest BCUT2D eigenvalue weighted by molar-refractivity contribution is 0.281. The van der Waals surface area contributed by atoms with E-state index in [-0.39, 0.29) is 40.6 Å². The van der Waals surface area contributed by atoms with Gasteiger partial charge in [0, 0.05) is 5.56 Å². The van der Waals surface area contributed by atoms with E-state index in [1.807, 2.05) is 0 Å². The number of phenolic OH excluding ortho intramolecular Hbond substituents is 2. The van der Waals surface area contributed by atoms with Crippen LogP contribution >= 0.6 is 0 Å². The molecule has 0 spiro atoms. The van der Waals surface area contributed by atoms with Gasteiger partial charge in [0.05, 0.1) is 13.7 Å². The van der Waals surface area contributed by atoms with Crippen LogP contribution in [0.15, 0.2) is 39.5 Å². The van der Waals surface area contributed by atoms with Gasteiger partial charge in [0.15, 0.2) is 5.76 Å². The monoisotopic (exact) mass is 328 g/mol. The van der Waals surface area contributed by atoms with E-state index in [0.717, 1.165) is 0 Å². The number of aryl methyl sites for hydroxylation is 1. The smallest absolute Gasteiger partial charge is 0.238 e. The Morgan fingerprint density at radius 3 is 2.50 bits per heavy atom. The fraction of sp³-hybridized carbons (Fsp3) is 0.167. The maximum atomic E-state index is 12.7. The third-order valence-electron chi connectivity index (χ3n) is 3.84. The molecule has 0 fully saturated rings. The van der Waals surface area contributed by atoms with Crippen LogP contribution in [0.3, 0.4) is 0 Å². The van der Waals surface area contributed by atoms with E-state index in [4.69, 9.17) is 9.15 Å². The van der Waals surface area contributed by atoms with Crippen LogP contribution < -0.4 is 10.2 Å². The van der Waals surface area contributed by atoms with Crippen molar-refractivity contribution in [2.75, 3.05) is 7.11 Å². The van der Waals surface area contributed by atoms with Crippen molar-refractivity contribution in [3.63, 3.8) is 0 Å². The number of hydrogen-bond acceptors (Lipinski definition) is 6. The zero-order chi connectivity index (χ0) is 17.4. The standard InChI is InChI=1S/C18H16O6/c1-9-5-11(3-4-12(9)20)17-18(23-2)16(22)15-13(21)6-10(8-19)7-14(15)24-17/h3-7,19-21H,8H2,1-2H3. The first-order valence-electron chi connectivity index (χ1n) is 7.23. The molecule has 124 valence electrons. The highest BCUT2D eigenvalue weighted by Gasteiger charge is 2.20. The van der Waals surface area contributed by atoms with Crippen molar-refractivity contribution in [1.82, 2.24) is 0 Å². The van der Waals surface area contributed by atoms with Crippen molar-refractivity contribution >= 4 is 11.0 Å². The van der Waals surface area contributed by atoms with Crippen molar-refractivity contribution in [3.8, 4) is 28.6 Å². The first kappa shape index (κ1) is 15.9. The summed E-state index contributed by atoms with van der Waals surface area (Å²) in [5, 5.41) is 29.0. The quantitative estimate of drug-likeness (QED) is 0.683. The number of aliphatic hydroxyl groups excluding tert-OH is 1. The molecule has 3 aromatic rings. The number of ether oxygens (including phenoxy) is 1. The lowest BCUT2D eigenvalue weighted by Gasteiger charge is -2.11. The van der Waals surface area contributed by atoms with Gasteiger partial charge in [-0.15, -0.1) is 0 Å². The number of aromatic hydroxyl groups is 2. The van der Waals surface area contributed by atoms with Gasteiger partial charge in [-0.1, -0.05) is 0 Å². The van der Waals surface area contributed by atoms with Crippen molar-refractivity contribution in [1.29, 1.82) is 0 Å². The van der Waals surface area contributed by atoms with Crippen LogP contribution in [0.25, 0.3) is 22.3 Å². The van der Waals surface area contributed by atoms with Gasteiger partial charge in [-0.3, -0.25) is 4.79 Å². The number of methoxy groups -OCH3 is 1. The molecule has 3 N–H and O–H groups in total. The fourth-order valence-corrected chi connectivity index (χ4v) is 2.60. The van der Waals surface area contributed by atoms with Gasteiger partial charge < -0.3 is 24.5 Å². The van der Waals surface area contributed by atoms with Crippen LogP contribution in [0.1, 0.15) is 11.1 Å². The van der Waals surface area contributed by atoms with Crippen molar-refractivity contribution in [2.45, 2.75) is 13.5 Å². The summed E-state index contributed by atoms with van der Waals surface area (Å²) >= 11 is 0. The molecule has 6 heteroatoms. The van der Waals surface area contributed by atoms with Gasteiger partial charge in [-0.05, 0) is 48.4 Å². The summed E-state index contributed by atoms with van der Waals surface area (Å²) in [6.07, 6.45) is 0. The maximum Gasteiger partial charge on any atom is 0.238 e. The van der Waals surface area contributed by atoms with E-state index < -0.39 is 5.43 Å². The topological polar surface area (TPSA) is 100 Å². The minimum absolute atomic E-state index is 0.0108. The second-order valence-corrected chi connectivity index (χ2v) is 5.44. The van der Waals surface area contributed by atoms with E-state index in [0.29, 0.717) is 16.7 Å². The third-order valence-corrected chi connectivity index (χ3v) is 3.84. The molecule has 0 amide bonds. The van der Waals surface area contributed by atoms with Crippen LogP contribution in [0.5, 0.6) is 17.2 Å². The SMILES string of the molecule is COc1c(-c2ccc(O)c(C)c2)oc2cc(CO)cc(O)c2c1=O. The average molecular weight is 328 g/mol.